The summed E-state index contributed by atoms with van der Waals surface area (Å²) in [7, 11) is 0. The number of aromatic nitrogens is 3. The molecule has 0 atom stereocenters. The molecule has 2 heterocycles. The van der Waals surface area contributed by atoms with Crippen molar-refractivity contribution in [3.63, 3.8) is 0 Å². The maximum absolute atomic E-state index is 5.21. The number of fused-ring (bicyclic) bond motifs is 6. The van der Waals surface area contributed by atoms with Gasteiger partial charge in [0, 0.05) is 36.9 Å². The van der Waals surface area contributed by atoms with Crippen molar-refractivity contribution >= 4 is 64.3 Å². The highest BCUT2D eigenvalue weighted by atomic mass is 32.1. The average Bonchev–Trinajstić information content (AvgIpc) is 3.02. The van der Waals surface area contributed by atoms with Gasteiger partial charge in [-0.1, -0.05) is 84.9 Å². The number of aromatic amines is 1. The molecule has 40 heavy (non-hydrogen) atoms. The fourth-order valence-corrected chi connectivity index (χ4v) is 6.49. The predicted octanol–water partition coefficient (Wildman–Crippen LogP) is 10.1. The highest BCUT2D eigenvalue weighted by molar-refractivity contribution is 7.22. The molecule has 8 rings (SSSR count). The maximum atomic E-state index is 5.21. The number of hydrogen-bond acceptors (Lipinski definition) is 3. The number of nitrogens with one attached hydrogen (secondary N) is 1. The molecule has 0 aliphatic rings. The van der Waals surface area contributed by atoms with Gasteiger partial charge in [-0.05, 0) is 64.7 Å². The van der Waals surface area contributed by atoms with Gasteiger partial charge in [0.15, 0.2) is 0 Å². The summed E-state index contributed by atoms with van der Waals surface area (Å²) < 4.78 is 2.41. The van der Waals surface area contributed by atoms with Crippen LogP contribution in [0.5, 0.6) is 0 Å². The molecule has 0 fully saturated rings. The molecule has 0 saturated carbocycles. The molecule has 0 radical (unpaired) electrons. The standard InChI is InChI=1S/C36H23N3S/c1-2-9-23(10-3-1)35-36(39-34-16-7-6-15-33(34)38-35)30-20-19-27-29-13-4-5-14-32(29)37-24-11-8-12-25(21-24)40-26-17-18-28(30)31(27)22-26/h1-22,37H. The lowest BCUT2D eigenvalue weighted by Crippen LogP contribution is -1.96. The van der Waals surface area contributed by atoms with Gasteiger partial charge < -0.3 is 4.98 Å². The second-order valence-electron chi connectivity index (χ2n) is 9.94. The van der Waals surface area contributed by atoms with E-state index in [1.54, 1.807) is 11.3 Å². The van der Waals surface area contributed by atoms with Gasteiger partial charge in [-0.2, -0.15) is 0 Å². The van der Waals surface area contributed by atoms with Gasteiger partial charge in [0.1, 0.15) is 0 Å². The Hall–Kier alpha value is -5.06. The van der Waals surface area contributed by atoms with Gasteiger partial charge in [-0.15, -0.1) is 11.3 Å². The van der Waals surface area contributed by atoms with Crippen molar-refractivity contribution in [1.29, 1.82) is 0 Å². The van der Waals surface area contributed by atoms with Crippen LogP contribution in [0.1, 0.15) is 0 Å². The Morgan fingerprint density at radius 2 is 1.20 bits per heavy atom. The van der Waals surface area contributed by atoms with Crippen molar-refractivity contribution in [2.75, 3.05) is 0 Å². The lowest BCUT2D eigenvalue weighted by Gasteiger charge is -2.14. The van der Waals surface area contributed by atoms with Crippen LogP contribution in [0.2, 0.25) is 0 Å². The predicted molar refractivity (Wildman–Crippen MR) is 170 cm³/mol. The van der Waals surface area contributed by atoms with E-state index in [-0.39, 0.29) is 0 Å². The monoisotopic (exact) mass is 529 g/mol. The topological polar surface area (TPSA) is 41.6 Å². The third-order valence-electron chi connectivity index (χ3n) is 7.43. The van der Waals surface area contributed by atoms with E-state index in [4.69, 9.17) is 9.97 Å². The largest absolute Gasteiger partial charge is 0.355 e. The van der Waals surface area contributed by atoms with Crippen LogP contribution < -0.4 is 0 Å². The number of benzene rings is 6. The van der Waals surface area contributed by atoms with E-state index < -0.39 is 0 Å². The van der Waals surface area contributed by atoms with Crippen molar-refractivity contribution in [2.45, 2.75) is 0 Å². The maximum Gasteiger partial charge on any atom is 0.0979 e. The molecule has 0 unspecified atom stereocenters. The van der Waals surface area contributed by atoms with E-state index >= 15 is 0 Å². The number of H-pyrrole nitrogens is 1. The fraction of sp³-hybridized carbons (Fsp3) is 0. The molecule has 8 aromatic rings. The molecule has 6 aromatic carbocycles. The van der Waals surface area contributed by atoms with Crippen molar-refractivity contribution in [2.24, 2.45) is 0 Å². The second kappa shape index (κ2) is 9.30. The molecule has 4 bridgehead atoms. The summed E-state index contributed by atoms with van der Waals surface area (Å²) in [6.45, 7) is 0. The first-order valence-electron chi connectivity index (χ1n) is 13.3. The Morgan fingerprint density at radius 3 is 2.08 bits per heavy atom. The van der Waals surface area contributed by atoms with Crippen molar-refractivity contribution in [3.05, 3.63) is 133 Å². The number of rotatable bonds is 2. The SMILES string of the molecule is c1ccc(-c2nc3ccccc3nc2-c2ccc3c4ccccc4[nH]c4cccc(c4)sc4ccc2c3c4)cc1. The molecular formula is C36H23N3S. The summed E-state index contributed by atoms with van der Waals surface area (Å²) >= 11 is 1.78. The molecule has 4 heteroatoms. The van der Waals surface area contributed by atoms with Crippen molar-refractivity contribution in [3.8, 4) is 22.5 Å². The van der Waals surface area contributed by atoms with E-state index in [0.29, 0.717) is 0 Å². The molecule has 0 amide bonds. The summed E-state index contributed by atoms with van der Waals surface area (Å²) in [4.78, 5) is 14.0. The van der Waals surface area contributed by atoms with E-state index in [9.17, 15) is 0 Å². The highest BCUT2D eigenvalue weighted by Crippen LogP contribution is 2.38. The molecule has 0 spiro atoms. The van der Waals surface area contributed by atoms with Crippen LogP contribution in [-0.2, 0) is 0 Å². The van der Waals surface area contributed by atoms with Gasteiger partial charge in [0.05, 0.1) is 22.4 Å². The van der Waals surface area contributed by atoms with Gasteiger partial charge >= 0.3 is 0 Å². The molecular weight excluding hydrogens is 506 g/mol. The minimum atomic E-state index is 0.890. The van der Waals surface area contributed by atoms with E-state index in [0.717, 1.165) is 50.0 Å². The molecule has 2 aromatic heterocycles. The minimum absolute atomic E-state index is 0.890. The lowest BCUT2D eigenvalue weighted by molar-refractivity contribution is 1.30. The van der Waals surface area contributed by atoms with Gasteiger partial charge in [-0.3, -0.25) is 0 Å². The van der Waals surface area contributed by atoms with Gasteiger partial charge in [0.25, 0.3) is 0 Å². The third-order valence-corrected chi connectivity index (χ3v) is 8.41. The van der Waals surface area contributed by atoms with E-state index in [1.165, 1.54) is 25.6 Å². The average molecular weight is 530 g/mol. The number of hydrogen-bond donors (Lipinski definition) is 1. The van der Waals surface area contributed by atoms with Crippen LogP contribution >= 0.6 is 11.3 Å². The summed E-state index contributed by atoms with van der Waals surface area (Å²) in [6.07, 6.45) is 0. The van der Waals surface area contributed by atoms with E-state index in [2.05, 4.69) is 108 Å². The Labute approximate surface area is 234 Å². The molecule has 188 valence electrons. The first-order valence-corrected chi connectivity index (χ1v) is 14.2. The molecule has 0 saturated heterocycles. The summed E-state index contributed by atoms with van der Waals surface area (Å²) in [6, 6.07) is 46.9. The summed E-state index contributed by atoms with van der Waals surface area (Å²) in [5.74, 6) is 0. The normalized spacial score (nSPS) is 11.5. The quantitative estimate of drug-likeness (QED) is 0.242. The first-order chi connectivity index (χ1) is 19.8. The van der Waals surface area contributed by atoms with Gasteiger partial charge in [-0.25, -0.2) is 9.97 Å². The van der Waals surface area contributed by atoms with Crippen molar-refractivity contribution in [1.82, 2.24) is 15.0 Å². The van der Waals surface area contributed by atoms with Gasteiger partial charge in [0.2, 0.25) is 0 Å². The first kappa shape index (κ1) is 22.9. The number of para-hydroxylation sites is 3. The van der Waals surface area contributed by atoms with Crippen molar-refractivity contribution < 1.29 is 0 Å². The fourth-order valence-electron chi connectivity index (χ4n) is 5.57. The lowest BCUT2D eigenvalue weighted by atomic mass is 9.95. The highest BCUT2D eigenvalue weighted by Gasteiger charge is 2.16. The smallest absolute Gasteiger partial charge is 0.0979 e. The Bertz CT molecular complexity index is 2280. The zero-order chi connectivity index (χ0) is 26.5. The van der Waals surface area contributed by atoms with Crippen LogP contribution in [0.3, 0.4) is 0 Å². The molecule has 0 aliphatic carbocycles. The van der Waals surface area contributed by atoms with Crippen LogP contribution in [0.4, 0.5) is 0 Å². The third kappa shape index (κ3) is 3.89. The summed E-state index contributed by atoms with van der Waals surface area (Å²) in [5.41, 5.74) is 7.87. The minimum Gasteiger partial charge on any atom is -0.355 e. The van der Waals surface area contributed by atoms with E-state index in [1.807, 2.05) is 30.3 Å². The Kier molecular flexibility index (Phi) is 5.32. The van der Waals surface area contributed by atoms with Crippen LogP contribution in [0.25, 0.3) is 75.5 Å². The summed E-state index contributed by atoms with van der Waals surface area (Å²) in [5, 5.41) is 4.71. The van der Waals surface area contributed by atoms with Crippen LogP contribution in [0, 0.1) is 0 Å². The van der Waals surface area contributed by atoms with Crippen LogP contribution in [-0.4, -0.2) is 15.0 Å². The zero-order valence-corrected chi connectivity index (χ0v) is 22.3. The van der Waals surface area contributed by atoms with Crippen LogP contribution in [0.15, 0.2) is 133 Å². The Morgan fingerprint density at radius 1 is 0.475 bits per heavy atom. The Balaban J connectivity index is 1.53. The molecule has 0 aliphatic heterocycles. The second-order valence-corrected chi connectivity index (χ2v) is 11.1. The number of nitrogens with zero attached hydrogens (tertiary/aromatic N) is 2. The molecule has 1 N–H and O–H groups in total. The molecule has 3 nitrogen and oxygen atoms in total. The zero-order valence-electron chi connectivity index (χ0n) is 21.5.